The van der Waals surface area contributed by atoms with E-state index in [1.807, 2.05) is 16.7 Å². The summed E-state index contributed by atoms with van der Waals surface area (Å²) in [7, 11) is 0. The highest BCUT2D eigenvalue weighted by molar-refractivity contribution is 6.30. The maximum atomic E-state index is 12.1. The molecule has 134 valence electrons. The zero-order valence-electron chi connectivity index (χ0n) is 13.9. The molecule has 0 amide bonds. The standard InChI is InChI=1S/C17H21ClN4O3/c1-2-24-17(23)16-14(9-20-21-16)15-10-19-11-22(15)7-8-25-13-5-3-12(18)4-6-13/h3-6,10-11,14,16,20-21H,2,7-9H2,1H3. The van der Waals surface area contributed by atoms with E-state index in [4.69, 9.17) is 21.1 Å². The van der Waals surface area contributed by atoms with Gasteiger partial charge in [0.05, 0.1) is 19.5 Å². The molecule has 25 heavy (non-hydrogen) atoms. The lowest BCUT2D eigenvalue weighted by molar-refractivity contribution is -0.145. The van der Waals surface area contributed by atoms with E-state index in [9.17, 15) is 4.79 Å². The number of imidazole rings is 1. The number of halogens is 1. The lowest BCUT2D eigenvalue weighted by Crippen LogP contribution is -2.39. The van der Waals surface area contributed by atoms with Crippen LogP contribution < -0.4 is 15.6 Å². The number of hydrogen-bond acceptors (Lipinski definition) is 6. The summed E-state index contributed by atoms with van der Waals surface area (Å²) in [4.78, 5) is 16.3. The van der Waals surface area contributed by atoms with Gasteiger partial charge >= 0.3 is 5.97 Å². The van der Waals surface area contributed by atoms with Crippen molar-refractivity contribution in [3.8, 4) is 5.75 Å². The van der Waals surface area contributed by atoms with Crippen LogP contribution in [0.3, 0.4) is 0 Å². The lowest BCUT2D eigenvalue weighted by atomic mass is 9.98. The first-order valence-electron chi connectivity index (χ1n) is 8.22. The SMILES string of the molecule is CCOC(=O)C1NNCC1c1cncn1CCOc1ccc(Cl)cc1. The number of rotatable bonds is 7. The fourth-order valence-corrected chi connectivity index (χ4v) is 2.97. The summed E-state index contributed by atoms with van der Waals surface area (Å²) < 4.78 is 12.9. The fourth-order valence-electron chi connectivity index (χ4n) is 2.85. The van der Waals surface area contributed by atoms with Crippen molar-refractivity contribution < 1.29 is 14.3 Å². The van der Waals surface area contributed by atoms with Gasteiger partial charge in [-0.05, 0) is 31.2 Å². The molecule has 2 aromatic rings. The topological polar surface area (TPSA) is 77.4 Å². The molecule has 2 atom stereocenters. The third-order valence-corrected chi connectivity index (χ3v) is 4.31. The molecule has 3 rings (SSSR count). The van der Waals surface area contributed by atoms with Gasteiger partial charge in [0, 0.05) is 29.4 Å². The molecule has 0 radical (unpaired) electrons. The average molecular weight is 365 g/mol. The van der Waals surface area contributed by atoms with Crippen molar-refractivity contribution in [2.75, 3.05) is 19.8 Å². The molecule has 1 aromatic carbocycles. The Hall–Kier alpha value is -2.09. The fraction of sp³-hybridized carbons (Fsp3) is 0.412. The van der Waals surface area contributed by atoms with Gasteiger partial charge in [0.15, 0.2) is 0 Å². The van der Waals surface area contributed by atoms with Crippen molar-refractivity contribution in [1.82, 2.24) is 20.4 Å². The minimum atomic E-state index is -0.424. The highest BCUT2D eigenvalue weighted by Gasteiger charge is 2.36. The maximum Gasteiger partial charge on any atom is 0.325 e. The first kappa shape index (κ1) is 17.7. The third-order valence-electron chi connectivity index (χ3n) is 4.06. The normalized spacial score (nSPS) is 19.8. The van der Waals surface area contributed by atoms with Crippen LogP contribution in [0.2, 0.25) is 5.02 Å². The van der Waals surface area contributed by atoms with Gasteiger partial charge in [0.2, 0.25) is 0 Å². The molecule has 1 fully saturated rings. The second-order valence-corrected chi connectivity index (χ2v) is 6.11. The van der Waals surface area contributed by atoms with E-state index in [-0.39, 0.29) is 11.9 Å². The maximum absolute atomic E-state index is 12.1. The van der Waals surface area contributed by atoms with Crippen molar-refractivity contribution in [2.45, 2.75) is 25.4 Å². The number of benzene rings is 1. The molecule has 1 aliphatic heterocycles. The molecule has 0 bridgehead atoms. The highest BCUT2D eigenvalue weighted by atomic mass is 35.5. The summed E-state index contributed by atoms with van der Waals surface area (Å²) in [5.74, 6) is 0.458. The molecule has 0 spiro atoms. The monoisotopic (exact) mass is 364 g/mol. The Balaban J connectivity index is 1.62. The van der Waals surface area contributed by atoms with Crippen LogP contribution in [0.25, 0.3) is 0 Å². The van der Waals surface area contributed by atoms with Gasteiger partial charge in [-0.2, -0.15) is 0 Å². The van der Waals surface area contributed by atoms with Gasteiger partial charge in [0.1, 0.15) is 18.4 Å². The van der Waals surface area contributed by atoms with Crippen molar-refractivity contribution in [3.05, 3.63) is 47.5 Å². The highest BCUT2D eigenvalue weighted by Crippen LogP contribution is 2.23. The molecular weight excluding hydrogens is 344 g/mol. The summed E-state index contributed by atoms with van der Waals surface area (Å²) in [5, 5.41) is 0.676. The number of carbonyl (C=O) groups is 1. The molecular formula is C17H21ClN4O3. The van der Waals surface area contributed by atoms with Crippen LogP contribution in [0.5, 0.6) is 5.75 Å². The second-order valence-electron chi connectivity index (χ2n) is 5.68. The van der Waals surface area contributed by atoms with E-state index in [2.05, 4.69) is 15.8 Å². The van der Waals surface area contributed by atoms with Gasteiger partial charge < -0.3 is 14.0 Å². The summed E-state index contributed by atoms with van der Waals surface area (Å²) in [6, 6.07) is 6.82. The molecule has 2 unspecified atom stereocenters. The average Bonchev–Trinajstić information content (AvgIpc) is 3.25. The Labute approximate surface area is 151 Å². The van der Waals surface area contributed by atoms with Crippen LogP contribution in [0.15, 0.2) is 36.8 Å². The van der Waals surface area contributed by atoms with Gasteiger partial charge in [-0.25, -0.2) is 10.4 Å². The number of nitrogens with zero attached hydrogens (tertiary/aromatic N) is 2. The van der Waals surface area contributed by atoms with Crippen LogP contribution in [0.4, 0.5) is 0 Å². The Morgan fingerprint density at radius 2 is 2.20 bits per heavy atom. The van der Waals surface area contributed by atoms with E-state index in [0.717, 1.165) is 11.4 Å². The van der Waals surface area contributed by atoms with Gasteiger partial charge in [0.25, 0.3) is 0 Å². The zero-order valence-corrected chi connectivity index (χ0v) is 14.7. The van der Waals surface area contributed by atoms with E-state index in [0.29, 0.717) is 31.3 Å². The van der Waals surface area contributed by atoms with Crippen LogP contribution in [-0.2, 0) is 16.1 Å². The molecule has 2 N–H and O–H groups in total. The largest absolute Gasteiger partial charge is 0.492 e. The number of ether oxygens (including phenoxy) is 2. The first-order valence-corrected chi connectivity index (χ1v) is 8.60. The predicted molar refractivity (Wildman–Crippen MR) is 93.5 cm³/mol. The number of carbonyl (C=O) groups excluding carboxylic acids is 1. The molecule has 1 aliphatic rings. The van der Waals surface area contributed by atoms with E-state index < -0.39 is 6.04 Å². The molecule has 0 saturated carbocycles. The molecule has 1 saturated heterocycles. The zero-order chi connectivity index (χ0) is 17.6. The molecule has 8 heteroatoms. The smallest absolute Gasteiger partial charge is 0.325 e. The molecule has 1 aromatic heterocycles. The van der Waals surface area contributed by atoms with Gasteiger partial charge in [-0.3, -0.25) is 10.2 Å². The molecule has 0 aliphatic carbocycles. The van der Waals surface area contributed by atoms with Crippen LogP contribution in [-0.4, -0.2) is 41.3 Å². The summed E-state index contributed by atoms with van der Waals surface area (Å²) in [6.07, 6.45) is 3.54. The molecule has 2 heterocycles. The van der Waals surface area contributed by atoms with Crippen molar-refractivity contribution >= 4 is 17.6 Å². The number of nitrogens with one attached hydrogen (secondary N) is 2. The van der Waals surface area contributed by atoms with Crippen molar-refractivity contribution in [1.29, 1.82) is 0 Å². The second kappa shape index (κ2) is 8.33. The Morgan fingerprint density at radius 3 is 2.96 bits per heavy atom. The summed E-state index contributed by atoms with van der Waals surface area (Å²) in [5.41, 5.74) is 6.98. The van der Waals surface area contributed by atoms with Crippen molar-refractivity contribution in [3.63, 3.8) is 0 Å². The number of esters is 1. The quantitative estimate of drug-likeness (QED) is 0.729. The van der Waals surface area contributed by atoms with E-state index in [1.165, 1.54) is 0 Å². The Kier molecular flexibility index (Phi) is 5.91. The molecule has 7 nitrogen and oxygen atoms in total. The number of hydrogen-bond donors (Lipinski definition) is 2. The van der Waals surface area contributed by atoms with Crippen LogP contribution in [0.1, 0.15) is 18.5 Å². The minimum Gasteiger partial charge on any atom is -0.492 e. The Bertz CT molecular complexity index is 704. The van der Waals surface area contributed by atoms with Gasteiger partial charge in [-0.1, -0.05) is 11.6 Å². The number of aromatic nitrogens is 2. The predicted octanol–water partition coefficient (Wildman–Crippen LogP) is 1.74. The third kappa shape index (κ3) is 4.31. The van der Waals surface area contributed by atoms with E-state index in [1.54, 1.807) is 31.6 Å². The summed E-state index contributed by atoms with van der Waals surface area (Å²) in [6.45, 7) is 3.91. The van der Waals surface area contributed by atoms with E-state index >= 15 is 0 Å². The van der Waals surface area contributed by atoms with Crippen LogP contribution >= 0.6 is 11.6 Å². The van der Waals surface area contributed by atoms with Gasteiger partial charge in [-0.15, -0.1) is 0 Å². The lowest BCUT2D eigenvalue weighted by Gasteiger charge is -2.18. The summed E-state index contributed by atoms with van der Waals surface area (Å²) >= 11 is 5.86. The Morgan fingerprint density at radius 1 is 1.40 bits per heavy atom. The van der Waals surface area contributed by atoms with Crippen LogP contribution in [0, 0.1) is 0 Å². The van der Waals surface area contributed by atoms with Crippen molar-refractivity contribution in [2.24, 2.45) is 0 Å². The number of hydrazine groups is 1. The first-order chi connectivity index (χ1) is 12.2. The minimum absolute atomic E-state index is 0.0444.